The lowest BCUT2D eigenvalue weighted by molar-refractivity contribution is -0.137. The van der Waals surface area contributed by atoms with Crippen LogP contribution in [-0.2, 0) is 43.3 Å². The van der Waals surface area contributed by atoms with Crippen LogP contribution in [0.2, 0.25) is 0 Å². The minimum absolute atomic E-state index is 0.0320. The van der Waals surface area contributed by atoms with Crippen LogP contribution in [-0.4, -0.2) is 31.5 Å². The second kappa shape index (κ2) is 14.7. The Morgan fingerprint density at radius 2 is 1.60 bits per heavy atom. The summed E-state index contributed by atoms with van der Waals surface area (Å²) < 4.78 is 71.1. The van der Waals surface area contributed by atoms with Crippen LogP contribution in [0.25, 0.3) is 22.0 Å². The number of carbonyl (C=O) groups is 1. The van der Waals surface area contributed by atoms with Gasteiger partial charge in [-0.3, -0.25) is 9.59 Å². The summed E-state index contributed by atoms with van der Waals surface area (Å²) in [5.74, 6) is -2.15. The molecule has 50 heavy (non-hydrogen) atoms. The van der Waals surface area contributed by atoms with Gasteiger partial charge in [0.05, 0.1) is 28.1 Å². The number of hydrogen-bond donors (Lipinski definition) is 0. The Kier molecular flexibility index (Phi) is 10.2. The molecule has 0 radical (unpaired) electrons. The van der Waals surface area contributed by atoms with Crippen molar-refractivity contribution in [1.29, 1.82) is 0 Å². The van der Waals surface area contributed by atoms with Gasteiger partial charge < -0.3 is 14.0 Å². The van der Waals surface area contributed by atoms with Gasteiger partial charge in [0, 0.05) is 55.5 Å². The van der Waals surface area contributed by atoms with Crippen molar-refractivity contribution in [2.24, 2.45) is 7.05 Å². The molecule has 12 heteroatoms. The predicted octanol–water partition coefficient (Wildman–Crippen LogP) is 8.26. The second-order valence-corrected chi connectivity index (χ2v) is 12.8. The number of imidazole rings is 1. The Bertz CT molecular complexity index is 2200. The highest BCUT2D eigenvalue weighted by atomic mass is 32.2. The Hall–Kier alpha value is -5.23. The van der Waals surface area contributed by atoms with Crippen molar-refractivity contribution in [3.05, 3.63) is 154 Å². The molecule has 0 bridgehead atoms. The fraction of sp³-hybridized carbons (Fsp3) is 0.184. The summed E-state index contributed by atoms with van der Waals surface area (Å²) in [6.07, 6.45) is -0.397. The van der Waals surface area contributed by atoms with Crippen molar-refractivity contribution in [3.8, 4) is 11.1 Å². The first kappa shape index (κ1) is 34.6. The maximum Gasteiger partial charge on any atom is 0.416 e. The third-order valence-electron chi connectivity index (χ3n) is 8.30. The van der Waals surface area contributed by atoms with Gasteiger partial charge in [-0.15, -0.1) is 11.8 Å². The summed E-state index contributed by atoms with van der Waals surface area (Å²) in [5, 5.41) is 0.844. The molecule has 2 aromatic heterocycles. The molecule has 0 unspecified atom stereocenters. The summed E-state index contributed by atoms with van der Waals surface area (Å²) in [4.78, 5) is 33.4. The summed E-state index contributed by atoms with van der Waals surface area (Å²) in [7, 11) is 1.86. The largest absolute Gasteiger partial charge is 0.416 e. The summed E-state index contributed by atoms with van der Waals surface area (Å²) >= 11 is 1.13. The maximum absolute atomic E-state index is 14.5. The number of benzene rings is 4. The summed E-state index contributed by atoms with van der Waals surface area (Å²) in [5.41, 5.74) is 2.63. The maximum atomic E-state index is 14.5. The van der Waals surface area contributed by atoms with E-state index in [1.165, 1.54) is 30.3 Å². The van der Waals surface area contributed by atoms with Crippen LogP contribution in [0.1, 0.15) is 22.4 Å². The number of alkyl halides is 3. The van der Waals surface area contributed by atoms with Crippen LogP contribution in [0.4, 0.5) is 22.0 Å². The molecule has 6 rings (SSSR count). The van der Waals surface area contributed by atoms with Gasteiger partial charge in [-0.2, -0.15) is 13.2 Å². The zero-order valence-corrected chi connectivity index (χ0v) is 27.6. The molecular formula is C38H31F5N4O2S. The molecule has 0 fully saturated rings. The lowest BCUT2D eigenvalue weighted by Crippen LogP contribution is -2.35. The molecular weight excluding hydrogens is 672 g/mol. The molecule has 256 valence electrons. The summed E-state index contributed by atoms with van der Waals surface area (Å²) in [6, 6.07) is 24.5. The molecule has 2 heterocycles. The van der Waals surface area contributed by atoms with Gasteiger partial charge in [0.1, 0.15) is 6.54 Å². The van der Waals surface area contributed by atoms with Crippen molar-refractivity contribution in [2.75, 3.05) is 6.54 Å². The van der Waals surface area contributed by atoms with E-state index < -0.39 is 23.4 Å². The number of nitrogens with zero attached hydrogens (tertiary/aromatic N) is 4. The first-order valence-electron chi connectivity index (χ1n) is 15.7. The van der Waals surface area contributed by atoms with E-state index in [4.69, 9.17) is 0 Å². The van der Waals surface area contributed by atoms with Crippen LogP contribution in [0.3, 0.4) is 0 Å². The number of aryl methyl sites for hydroxylation is 1. The second-order valence-electron chi connectivity index (χ2n) is 11.8. The Balaban J connectivity index is 1.28. The molecule has 0 aliphatic rings. The van der Waals surface area contributed by atoms with Gasteiger partial charge >= 0.3 is 6.18 Å². The van der Waals surface area contributed by atoms with E-state index in [-0.39, 0.29) is 35.7 Å². The molecule has 0 aliphatic carbocycles. The van der Waals surface area contributed by atoms with Crippen molar-refractivity contribution in [3.63, 3.8) is 0 Å². The van der Waals surface area contributed by atoms with Crippen LogP contribution in [0.5, 0.6) is 0 Å². The molecule has 0 spiro atoms. The Morgan fingerprint density at radius 1 is 0.900 bits per heavy atom. The Labute approximate surface area is 288 Å². The SMILES string of the molecule is Cn1cnc(CCN(Cc2ccc(-c3ccc(C(F)(F)F)cc3)cc2)C(=O)Cn2c(SCc3cccc(F)c3F)cc(=O)c3ccccc32)c1. The number of para-hydroxylation sites is 1. The van der Waals surface area contributed by atoms with Gasteiger partial charge in [-0.25, -0.2) is 13.8 Å². The molecule has 0 N–H and O–H groups in total. The predicted molar refractivity (Wildman–Crippen MR) is 183 cm³/mol. The Morgan fingerprint density at radius 3 is 2.28 bits per heavy atom. The highest BCUT2D eigenvalue weighted by Gasteiger charge is 2.30. The molecule has 6 nitrogen and oxygen atoms in total. The van der Waals surface area contributed by atoms with Crippen molar-refractivity contribution < 1.29 is 26.7 Å². The first-order valence-corrected chi connectivity index (χ1v) is 16.6. The highest BCUT2D eigenvalue weighted by Crippen LogP contribution is 2.31. The van der Waals surface area contributed by atoms with E-state index >= 15 is 0 Å². The number of fused-ring (bicyclic) bond motifs is 1. The minimum atomic E-state index is -4.42. The number of halogens is 5. The van der Waals surface area contributed by atoms with Gasteiger partial charge in [0.25, 0.3) is 0 Å². The van der Waals surface area contributed by atoms with E-state index in [2.05, 4.69) is 4.98 Å². The standard InChI is InChI=1S/C38H31F5N4O2S/c1-45-21-30(44-24-45)17-18-46(20-25-9-11-26(12-10-25)27-13-15-29(16-14-27)38(41,42)43)35(49)22-47-33-8-3-2-6-31(33)34(48)19-36(47)50-23-28-5-4-7-32(39)37(28)40/h2-16,19,21,24H,17-18,20,22-23H2,1H3. The zero-order chi connectivity index (χ0) is 35.4. The molecule has 6 aromatic rings. The van der Waals surface area contributed by atoms with E-state index in [1.54, 1.807) is 52.2 Å². The first-order chi connectivity index (χ1) is 24.0. The van der Waals surface area contributed by atoms with Crippen molar-refractivity contribution in [2.45, 2.75) is 36.5 Å². The molecule has 4 aromatic carbocycles. The van der Waals surface area contributed by atoms with E-state index in [9.17, 15) is 31.5 Å². The third kappa shape index (κ3) is 7.97. The number of carbonyl (C=O) groups excluding carboxylic acids is 1. The van der Waals surface area contributed by atoms with E-state index in [1.807, 2.05) is 29.9 Å². The zero-order valence-electron chi connectivity index (χ0n) is 26.8. The van der Waals surface area contributed by atoms with Crippen LogP contribution in [0, 0.1) is 11.6 Å². The fourth-order valence-electron chi connectivity index (χ4n) is 5.65. The average Bonchev–Trinajstić information content (AvgIpc) is 3.53. The number of hydrogen-bond acceptors (Lipinski definition) is 4. The minimum Gasteiger partial charge on any atom is -0.340 e. The lowest BCUT2D eigenvalue weighted by atomic mass is 10.0. The fourth-order valence-corrected chi connectivity index (χ4v) is 6.68. The van der Waals surface area contributed by atoms with Crippen LogP contribution >= 0.6 is 11.8 Å². The average molecular weight is 703 g/mol. The number of pyridine rings is 1. The monoisotopic (exact) mass is 702 g/mol. The molecule has 0 saturated heterocycles. The van der Waals surface area contributed by atoms with Crippen molar-refractivity contribution >= 4 is 28.6 Å². The lowest BCUT2D eigenvalue weighted by Gasteiger charge is -2.25. The van der Waals surface area contributed by atoms with Crippen LogP contribution in [0.15, 0.2) is 119 Å². The third-order valence-corrected chi connectivity index (χ3v) is 9.39. The topological polar surface area (TPSA) is 60.1 Å². The number of aromatic nitrogens is 3. The van der Waals surface area contributed by atoms with Gasteiger partial charge in [-0.05, 0) is 47.0 Å². The molecule has 0 saturated carbocycles. The van der Waals surface area contributed by atoms with Crippen molar-refractivity contribution in [1.82, 2.24) is 19.0 Å². The highest BCUT2D eigenvalue weighted by molar-refractivity contribution is 7.98. The van der Waals surface area contributed by atoms with Gasteiger partial charge in [-0.1, -0.05) is 60.7 Å². The normalized spacial score (nSPS) is 11.6. The molecule has 0 aliphatic heterocycles. The van der Waals surface area contributed by atoms with E-state index in [0.29, 0.717) is 34.5 Å². The smallest absolute Gasteiger partial charge is 0.340 e. The molecule has 0 atom stereocenters. The van der Waals surface area contributed by atoms with Gasteiger partial charge in [0.2, 0.25) is 5.91 Å². The van der Waals surface area contributed by atoms with Crippen LogP contribution < -0.4 is 5.43 Å². The molecule has 1 amide bonds. The number of amides is 1. The van der Waals surface area contributed by atoms with E-state index in [0.717, 1.165) is 46.8 Å². The quantitative estimate of drug-likeness (QED) is 0.101. The number of thioether (sulfide) groups is 1. The number of rotatable bonds is 11. The summed E-state index contributed by atoms with van der Waals surface area (Å²) in [6.45, 7) is 0.417. The van der Waals surface area contributed by atoms with Gasteiger partial charge in [0.15, 0.2) is 17.1 Å².